The second kappa shape index (κ2) is 7.31. The van der Waals surface area contributed by atoms with E-state index < -0.39 is 5.91 Å². The fourth-order valence-electron chi connectivity index (χ4n) is 2.22. The van der Waals surface area contributed by atoms with Crippen molar-refractivity contribution in [3.63, 3.8) is 0 Å². The molecule has 1 N–H and O–H groups in total. The molecule has 122 valence electrons. The SMILES string of the molecule is CCOc1ccccc1/C=N/NC(=O)c1cc2cc(Br)ccc2o1. The highest BCUT2D eigenvalue weighted by Crippen LogP contribution is 2.23. The highest BCUT2D eigenvalue weighted by molar-refractivity contribution is 9.10. The Morgan fingerprint density at radius 2 is 2.12 bits per heavy atom. The van der Waals surface area contributed by atoms with E-state index in [0.717, 1.165) is 15.4 Å². The van der Waals surface area contributed by atoms with E-state index in [9.17, 15) is 4.79 Å². The molecular weight excluding hydrogens is 372 g/mol. The number of halogens is 1. The van der Waals surface area contributed by atoms with Gasteiger partial charge in [0.15, 0.2) is 5.76 Å². The van der Waals surface area contributed by atoms with E-state index in [1.165, 1.54) is 0 Å². The van der Waals surface area contributed by atoms with Crippen LogP contribution in [0.1, 0.15) is 23.0 Å². The first-order chi connectivity index (χ1) is 11.7. The molecule has 0 spiro atoms. The van der Waals surface area contributed by atoms with Gasteiger partial charge in [-0.3, -0.25) is 4.79 Å². The number of furan rings is 1. The molecule has 0 atom stereocenters. The minimum Gasteiger partial charge on any atom is -0.493 e. The Bertz CT molecular complexity index is 902. The summed E-state index contributed by atoms with van der Waals surface area (Å²) >= 11 is 3.39. The summed E-state index contributed by atoms with van der Waals surface area (Å²) in [5.74, 6) is 0.511. The van der Waals surface area contributed by atoms with Crippen molar-refractivity contribution < 1.29 is 13.9 Å². The summed E-state index contributed by atoms with van der Waals surface area (Å²) in [6, 6.07) is 14.7. The Balaban J connectivity index is 1.72. The van der Waals surface area contributed by atoms with E-state index in [2.05, 4.69) is 26.5 Å². The van der Waals surface area contributed by atoms with Crippen LogP contribution in [0.15, 0.2) is 62.5 Å². The number of para-hydroxylation sites is 1. The van der Waals surface area contributed by atoms with Gasteiger partial charge in [-0.05, 0) is 43.3 Å². The molecule has 2 aromatic carbocycles. The normalized spacial score (nSPS) is 11.1. The van der Waals surface area contributed by atoms with Crippen molar-refractivity contribution in [1.82, 2.24) is 5.43 Å². The van der Waals surface area contributed by atoms with Gasteiger partial charge in [-0.2, -0.15) is 5.10 Å². The number of rotatable bonds is 5. The van der Waals surface area contributed by atoms with Gasteiger partial charge in [-0.1, -0.05) is 28.1 Å². The molecule has 1 amide bonds. The summed E-state index contributed by atoms with van der Waals surface area (Å²) in [6.45, 7) is 2.47. The Morgan fingerprint density at radius 3 is 2.96 bits per heavy atom. The van der Waals surface area contributed by atoms with E-state index in [4.69, 9.17) is 9.15 Å². The van der Waals surface area contributed by atoms with Gasteiger partial charge in [0.25, 0.3) is 0 Å². The van der Waals surface area contributed by atoms with Crippen LogP contribution in [0.2, 0.25) is 0 Å². The maximum atomic E-state index is 12.1. The smallest absolute Gasteiger partial charge is 0.307 e. The maximum Gasteiger partial charge on any atom is 0.307 e. The zero-order valence-electron chi connectivity index (χ0n) is 13.0. The Labute approximate surface area is 147 Å². The van der Waals surface area contributed by atoms with Crippen molar-refractivity contribution in [2.75, 3.05) is 6.61 Å². The third-order valence-corrected chi connectivity index (χ3v) is 3.78. The number of nitrogens with zero attached hydrogens (tertiary/aromatic N) is 1. The zero-order chi connectivity index (χ0) is 16.9. The summed E-state index contributed by atoms with van der Waals surface area (Å²) < 4.78 is 11.9. The van der Waals surface area contributed by atoms with Gasteiger partial charge in [0.1, 0.15) is 11.3 Å². The van der Waals surface area contributed by atoms with Crippen molar-refractivity contribution in [3.8, 4) is 5.75 Å². The second-order valence-electron chi connectivity index (χ2n) is 4.96. The van der Waals surface area contributed by atoms with Gasteiger partial charge >= 0.3 is 5.91 Å². The van der Waals surface area contributed by atoms with Crippen molar-refractivity contribution in [2.24, 2.45) is 5.10 Å². The number of hydrogen-bond acceptors (Lipinski definition) is 4. The number of benzene rings is 2. The first kappa shape index (κ1) is 16.3. The molecule has 0 aliphatic rings. The Hall–Kier alpha value is -2.60. The summed E-state index contributed by atoms with van der Waals surface area (Å²) in [5.41, 5.74) is 3.89. The largest absolute Gasteiger partial charge is 0.493 e. The molecule has 0 saturated carbocycles. The van der Waals surface area contributed by atoms with Crippen molar-refractivity contribution in [1.29, 1.82) is 0 Å². The molecule has 0 bridgehead atoms. The van der Waals surface area contributed by atoms with Crippen molar-refractivity contribution in [2.45, 2.75) is 6.92 Å². The molecule has 24 heavy (non-hydrogen) atoms. The Kier molecular flexibility index (Phi) is 4.96. The molecule has 3 rings (SSSR count). The van der Waals surface area contributed by atoms with E-state index in [1.807, 2.05) is 43.3 Å². The number of fused-ring (bicyclic) bond motifs is 1. The number of carbonyl (C=O) groups excluding carboxylic acids is 1. The van der Waals surface area contributed by atoms with Crippen LogP contribution >= 0.6 is 15.9 Å². The summed E-state index contributed by atoms with van der Waals surface area (Å²) in [4.78, 5) is 12.1. The molecule has 0 fully saturated rings. The average molecular weight is 387 g/mol. The predicted octanol–water partition coefficient (Wildman–Crippen LogP) is 4.36. The van der Waals surface area contributed by atoms with Crippen LogP contribution in [0.4, 0.5) is 0 Å². The van der Waals surface area contributed by atoms with Crippen LogP contribution in [0.5, 0.6) is 5.75 Å². The van der Waals surface area contributed by atoms with Crippen LogP contribution in [-0.2, 0) is 0 Å². The number of hydrazone groups is 1. The molecule has 6 heteroatoms. The van der Waals surface area contributed by atoms with E-state index in [-0.39, 0.29) is 5.76 Å². The predicted molar refractivity (Wildman–Crippen MR) is 96.6 cm³/mol. The number of hydrogen-bond donors (Lipinski definition) is 1. The first-order valence-electron chi connectivity index (χ1n) is 7.41. The van der Waals surface area contributed by atoms with Crippen LogP contribution in [0.25, 0.3) is 11.0 Å². The van der Waals surface area contributed by atoms with Gasteiger partial charge in [-0.25, -0.2) is 5.43 Å². The number of nitrogens with one attached hydrogen (secondary N) is 1. The number of ether oxygens (including phenoxy) is 1. The molecule has 0 unspecified atom stereocenters. The minimum atomic E-state index is -0.410. The first-order valence-corrected chi connectivity index (χ1v) is 8.21. The summed E-state index contributed by atoms with van der Waals surface area (Å²) in [7, 11) is 0. The quantitative estimate of drug-likeness (QED) is 0.523. The molecule has 5 nitrogen and oxygen atoms in total. The molecule has 0 aliphatic carbocycles. The van der Waals surface area contributed by atoms with Crippen LogP contribution in [-0.4, -0.2) is 18.7 Å². The van der Waals surface area contributed by atoms with E-state index in [1.54, 1.807) is 18.3 Å². The summed E-state index contributed by atoms with van der Waals surface area (Å²) in [6.07, 6.45) is 1.54. The van der Waals surface area contributed by atoms with Crippen LogP contribution < -0.4 is 10.2 Å². The molecule has 0 aliphatic heterocycles. The lowest BCUT2D eigenvalue weighted by Gasteiger charge is -2.05. The van der Waals surface area contributed by atoms with Crippen molar-refractivity contribution in [3.05, 3.63) is 64.3 Å². The standard InChI is InChI=1S/C18H15BrN2O3/c1-2-23-15-6-4-3-5-12(15)11-20-21-18(22)17-10-13-9-14(19)7-8-16(13)24-17/h3-11H,2H2,1H3,(H,21,22)/b20-11+. The number of carbonyl (C=O) groups is 1. The highest BCUT2D eigenvalue weighted by Gasteiger charge is 2.11. The van der Waals surface area contributed by atoms with Gasteiger partial charge in [0.05, 0.1) is 12.8 Å². The average Bonchev–Trinajstić information content (AvgIpc) is 3.00. The fourth-order valence-corrected chi connectivity index (χ4v) is 2.59. The second-order valence-corrected chi connectivity index (χ2v) is 5.88. The molecule has 0 saturated heterocycles. The monoisotopic (exact) mass is 386 g/mol. The van der Waals surface area contributed by atoms with Gasteiger partial charge < -0.3 is 9.15 Å². The number of amides is 1. The lowest BCUT2D eigenvalue weighted by molar-refractivity contribution is 0.0929. The van der Waals surface area contributed by atoms with Crippen LogP contribution in [0.3, 0.4) is 0 Å². The Morgan fingerprint density at radius 1 is 1.29 bits per heavy atom. The van der Waals surface area contributed by atoms with E-state index >= 15 is 0 Å². The summed E-state index contributed by atoms with van der Waals surface area (Å²) in [5, 5.41) is 4.82. The minimum absolute atomic E-state index is 0.207. The molecule has 3 aromatic rings. The highest BCUT2D eigenvalue weighted by atomic mass is 79.9. The van der Waals surface area contributed by atoms with E-state index in [0.29, 0.717) is 17.9 Å². The van der Waals surface area contributed by atoms with Crippen LogP contribution in [0, 0.1) is 0 Å². The van der Waals surface area contributed by atoms with Gasteiger partial charge in [0, 0.05) is 15.4 Å². The van der Waals surface area contributed by atoms with Crippen molar-refractivity contribution >= 4 is 39.0 Å². The maximum absolute atomic E-state index is 12.1. The molecule has 0 radical (unpaired) electrons. The molecule has 1 heterocycles. The topological polar surface area (TPSA) is 63.8 Å². The molecule has 1 aromatic heterocycles. The lowest BCUT2D eigenvalue weighted by atomic mass is 10.2. The third-order valence-electron chi connectivity index (χ3n) is 3.29. The lowest BCUT2D eigenvalue weighted by Crippen LogP contribution is -2.16. The molecular formula is C18H15BrN2O3. The third kappa shape index (κ3) is 3.65. The van der Waals surface area contributed by atoms with Gasteiger partial charge in [-0.15, -0.1) is 0 Å². The zero-order valence-corrected chi connectivity index (χ0v) is 14.5. The fraction of sp³-hybridized carbons (Fsp3) is 0.111. The van der Waals surface area contributed by atoms with Gasteiger partial charge in [0.2, 0.25) is 0 Å².